The fourth-order valence-electron chi connectivity index (χ4n) is 5.10. The van der Waals surface area contributed by atoms with Crippen molar-refractivity contribution in [1.82, 2.24) is 23.6 Å². The van der Waals surface area contributed by atoms with Crippen molar-refractivity contribution in [3.63, 3.8) is 0 Å². The van der Waals surface area contributed by atoms with Crippen LogP contribution in [0.2, 0.25) is 0 Å². The molecule has 1 fully saturated rings. The molecule has 0 spiro atoms. The molecule has 0 aliphatic carbocycles. The highest BCUT2D eigenvalue weighted by atomic mass is 16.5. The molecule has 1 saturated heterocycles. The normalized spacial score (nSPS) is 14.4. The van der Waals surface area contributed by atoms with Crippen molar-refractivity contribution in [2.24, 2.45) is 14.1 Å². The van der Waals surface area contributed by atoms with Crippen LogP contribution in [0.4, 0.5) is 5.69 Å². The van der Waals surface area contributed by atoms with Gasteiger partial charge in [0.2, 0.25) is 0 Å². The highest BCUT2D eigenvalue weighted by molar-refractivity contribution is 5.71. The first-order valence-corrected chi connectivity index (χ1v) is 12.8. The third-order valence-corrected chi connectivity index (χ3v) is 7.29. The van der Waals surface area contributed by atoms with E-state index in [9.17, 15) is 9.59 Å². The number of hydrogen-bond acceptors (Lipinski definition) is 6. The van der Waals surface area contributed by atoms with Crippen LogP contribution in [0.5, 0.6) is 5.75 Å². The van der Waals surface area contributed by atoms with Crippen molar-refractivity contribution in [3.05, 3.63) is 86.8 Å². The zero-order chi connectivity index (χ0) is 25.9. The Labute approximate surface area is 216 Å². The number of aryl methyl sites for hydroxylation is 3. The molecular weight excluding hydrogens is 468 g/mol. The second kappa shape index (κ2) is 10.6. The Balaban J connectivity index is 1.37. The smallest absolute Gasteiger partial charge is 0.332 e. The first-order valence-electron chi connectivity index (χ1n) is 12.8. The lowest BCUT2D eigenvalue weighted by atomic mass is 10.1. The van der Waals surface area contributed by atoms with E-state index in [1.165, 1.54) is 27.4 Å². The van der Waals surface area contributed by atoms with Crippen LogP contribution < -0.4 is 20.9 Å². The topological polar surface area (TPSA) is 77.5 Å². The van der Waals surface area contributed by atoms with E-state index in [1.54, 1.807) is 14.2 Å². The zero-order valence-corrected chi connectivity index (χ0v) is 21.8. The number of imidazole rings is 1. The Morgan fingerprint density at radius 1 is 0.892 bits per heavy atom. The molecule has 0 amide bonds. The Hall–Kier alpha value is -3.85. The van der Waals surface area contributed by atoms with E-state index in [0.717, 1.165) is 50.6 Å². The lowest BCUT2D eigenvalue weighted by Crippen LogP contribution is -2.46. The summed E-state index contributed by atoms with van der Waals surface area (Å²) < 4.78 is 9.97. The van der Waals surface area contributed by atoms with Crippen molar-refractivity contribution in [1.29, 1.82) is 0 Å². The standard InChI is InChI=1S/C28H34N6O3/c1-30-26-25(27(35)31(2)28(30)36)34(15-7-10-21-8-5-4-6-9-21)24(29-26)20-32-16-18-33(19-17-32)22-11-13-23(37-3)14-12-22/h4-6,8-9,11-14H,7,10,15-20H2,1-3H3. The number of piperazine rings is 1. The molecule has 5 rings (SSSR count). The molecule has 9 heteroatoms. The number of nitrogens with zero attached hydrogens (tertiary/aromatic N) is 6. The van der Waals surface area contributed by atoms with Crippen LogP contribution in [0.1, 0.15) is 17.8 Å². The average Bonchev–Trinajstić information content (AvgIpc) is 3.29. The highest BCUT2D eigenvalue weighted by Crippen LogP contribution is 2.22. The van der Waals surface area contributed by atoms with Gasteiger partial charge in [-0.25, -0.2) is 9.78 Å². The van der Waals surface area contributed by atoms with Gasteiger partial charge in [0.25, 0.3) is 5.56 Å². The van der Waals surface area contributed by atoms with E-state index in [1.807, 2.05) is 34.9 Å². The third-order valence-electron chi connectivity index (χ3n) is 7.29. The Kier molecular flexibility index (Phi) is 7.14. The largest absolute Gasteiger partial charge is 0.497 e. The molecule has 4 aromatic rings. The molecule has 0 radical (unpaired) electrons. The quantitative estimate of drug-likeness (QED) is 0.368. The van der Waals surface area contributed by atoms with Crippen LogP contribution in [0.3, 0.4) is 0 Å². The van der Waals surface area contributed by atoms with Gasteiger partial charge in [-0.15, -0.1) is 0 Å². The number of fused-ring (bicyclic) bond motifs is 1. The maximum Gasteiger partial charge on any atom is 0.332 e. The molecular formula is C28H34N6O3. The average molecular weight is 503 g/mol. The van der Waals surface area contributed by atoms with Crippen molar-refractivity contribution >= 4 is 16.9 Å². The van der Waals surface area contributed by atoms with Crippen molar-refractivity contribution in [3.8, 4) is 5.75 Å². The van der Waals surface area contributed by atoms with Gasteiger partial charge < -0.3 is 14.2 Å². The minimum atomic E-state index is -0.355. The molecule has 0 N–H and O–H groups in total. The number of rotatable bonds is 8. The molecule has 2 aromatic carbocycles. The summed E-state index contributed by atoms with van der Waals surface area (Å²) in [7, 11) is 4.89. The van der Waals surface area contributed by atoms with Gasteiger partial charge in [0.1, 0.15) is 11.6 Å². The van der Waals surface area contributed by atoms with E-state index < -0.39 is 0 Å². The summed E-state index contributed by atoms with van der Waals surface area (Å²) in [6.45, 7) is 4.88. The van der Waals surface area contributed by atoms with Crippen LogP contribution in [0, 0.1) is 0 Å². The number of hydrogen-bond donors (Lipinski definition) is 0. The Bertz CT molecular complexity index is 1480. The summed E-state index contributed by atoms with van der Waals surface area (Å²) in [4.78, 5) is 35.3. The van der Waals surface area contributed by atoms with Gasteiger partial charge in [0.05, 0.1) is 13.7 Å². The molecule has 0 saturated carbocycles. The van der Waals surface area contributed by atoms with Crippen LogP contribution >= 0.6 is 0 Å². The first-order chi connectivity index (χ1) is 18.0. The van der Waals surface area contributed by atoms with E-state index in [4.69, 9.17) is 9.72 Å². The Morgan fingerprint density at radius 2 is 1.59 bits per heavy atom. The van der Waals surface area contributed by atoms with Gasteiger partial charge >= 0.3 is 5.69 Å². The summed E-state index contributed by atoms with van der Waals surface area (Å²) in [5.74, 6) is 1.69. The Morgan fingerprint density at radius 3 is 2.27 bits per heavy atom. The SMILES string of the molecule is COc1ccc(N2CCN(Cc3nc4c(c(=O)n(C)c(=O)n4C)n3CCCc3ccccc3)CC2)cc1. The van der Waals surface area contributed by atoms with Crippen LogP contribution in [0.15, 0.2) is 64.2 Å². The van der Waals surface area contributed by atoms with E-state index in [0.29, 0.717) is 24.3 Å². The predicted octanol–water partition coefficient (Wildman–Crippen LogP) is 2.40. The maximum absolute atomic E-state index is 13.2. The fourth-order valence-corrected chi connectivity index (χ4v) is 5.10. The van der Waals surface area contributed by atoms with Gasteiger partial charge in [-0.2, -0.15) is 0 Å². The molecule has 2 aromatic heterocycles. The molecule has 1 aliphatic heterocycles. The highest BCUT2D eigenvalue weighted by Gasteiger charge is 2.23. The second-order valence-corrected chi connectivity index (χ2v) is 9.61. The third kappa shape index (κ3) is 5.04. The summed E-state index contributed by atoms with van der Waals surface area (Å²) >= 11 is 0. The number of anilines is 1. The minimum absolute atomic E-state index is 0.291. The van der Waals surface area contributed by atoms with Crippen molar-refractivity contribution < 1.29 is 4.74 Å². The monoisotopic (exact) mass is 502 g/mol. The first kappa shape index (κ1) is 24.8. The number of benzene rings is 2. The van der Waals surface area contributed by atoms with E-state index in [2.05, 4.69) is 34.1 Å². The van der Waals surface area contributed by atoms with Gasteiger partial charge in [0.15, 0.2) is 11.2 Å². The second-order valence-electron chi connectivity index (χ2n) is 9.61. The summed E-state index contributed by atoms with van der Waals surface area (Å²) in [5, 5.41) is 0. The van der Waals surface area contributed by atoms with Crippen molar-refractivity contribution in [2.45, 2.75) is 25.9 Å². The van der Waals surface area contributed by atoms with Crippen LogP contribution in [-0.4, -0.2) is 56.9 Å². The van der Waals surface area contributed by atoms with Crippen molar-refractivity contribution in [2.75, 3.05) is 38.2 Å². The van der Waals surface area contributed by atoms with E-state index >= 15 is 0 Å². The number of ether oxygens (including phenoxy) is 1. The van der Waals surface area contributed by atoms with E-state index in [-0.39, 0.29) is 11.2 Å². The molecule has 0 bridgehead atoms. The molecule has 1 aliphatic rings. The zero-order valence-electron chi connectivity index (χ0n) is 21.8. The molecule has 0 atom stereocenters. The van der Waals surface area contributed by atoms with Gasteiger partial charge in [-0.1, -0.05) is 30.3 Å². The molecule has 0 unspecified atom stereocenters. The lowest BCUT2D eigenvalue weighted by Gasteiger charge is -2.36. The van der Waals surface area contributed by atoms with Crippen LogP contribution in [-0.2, 0) is 33.6 Å². The fraction of sp³-hybridized carbons (Fsp3) is 0.393. The summed E-state index contributed by atoms with van der Waals surface area (Å²) in [6, 6.07) is 18.5. The molecule has 37 heavy (non-hydrogen) atoms. The van der Waals surface area contributed by atoms with Gasteiger partial charge in [0, 0.05) is 52.5 Å². The molecule has 194 valence electrons. The number of methoxy groups -OCH3 is 1. The predicted molar refractivity (Wildman–Crippen MR) is 145 cm³/mol. The summed E-state index contributed by atoms with van der Waals surface area (Å²) in [6.07, 6.45) is 1.78. The number of aromatic nitrogens is 4. The molecule has 3 heterocycles. The van der Waals surface area contributed by atoms with Gasteiger partial charge in [-0.05, 0) is 42.7 Å². The maximum atomic E-state index is 13.2. The minimum Gasteiger partial charge on any atom is -0.497 e. The molecule has 9 nitrogen and oxygen atoms in total. The lowest BCUT2D eigenvalue weighted by molar-refractivity contribution is 0.241. The van der Waals surface area contributed by atoms with Crippen LogP contribution in [0.25, 0.3) is 11.2 Å². The van der Waals surface area contributed by atoms with Gasteiger partial charge in [-0.3, -0.25) is 18.8 Å². The summed E-state index contributed by atoms with van der Waals surface area (Å²) in [5.41, 5.74) is 2.77.